The first-order chi connectivity index (χ1) is 12.8. The highest BCUT2D eigenvalue weighted by Crippen LogP contribution is 2.66. The molecule has 0 radical (unpaired) electrons. The van der Waals surface area contributed by atoms with Crippen LogP contribution in [-0.4, -0.2) is 18.8 Å². The summed E-state index contributed by atoms with van der Waals surface area (Å²) in [6.07, 6.45) is 10.7. The van der Waals surface area contributed by atoms with E-state index < -0.39 is 0 Å². The fraction of sp³-hybridized carbons (Fsp3) is 0.500. The van der Waals surface area contributed by atoms with Crippen molar-refractivity contribution in [3.63, 3.8) is 0 Å². The fourth-order valence-corrected chi connectivity index (χ4v) is 7.20. The van der Waals surface area contributed by atoms with Gasteiger partial charge >= 0.3 is 0 Å². The van der Waals surface area contributed by atoms with Crippen LogP contribution in [0.15, 0.2) is 48.5 Å². The fourth-order valence-electron chi connectivity index (χ4n) is 7.20. The van der Waals surface area contributed by atoms with Crippen LogP contribution in [0.2, 0.25) is 0 Å². The Hall–Kier alpha value is -1.96. The molecule has 0 amide bonds. The first kappa shape index (κ1) is 15.1. The molecule has 134 valence electrons. The quantitative estimate of drug-likeness (QED) is 0.696. The van der Waals surface area contributed by atoms with Crippen LogP contribution in [0, 0.1) is 0 Å². The average molecular weight is 345 g/mol. The smallest absolute Gasteiger partial charge is 0.123 e. The summed E-state index contributed by atoms with van der Waals surface area (Å²) < 4.78 is 0. The van der Waals surface area contributed by atoms with E-state index in [0.717, 1.165) is 0 Å². The first-order valence-electron chi connectivity index (χ1n) is 10.5. The Morgan fingerprint density at radius 2 is 1.58 bits per heavy atom. The van der Waals surface area contributed by atoms with Gasteiger partial charge in [-0.1, -0.05) is 49.2 Å². The lowest BCUT2D eigenvalue weighted by Gasteiger charge is -2.59. The number of anilines is 2. The standard InChI is InChI=1S/C24H28N2/c1-25-22-14-7-5-12-20(22)23-15-8-16-24(23,25)26(19-10-3-4-11-19)21-13-6-2-9-18(21)17-23/h2,5-7,9,12-14,19H,3-4,8,10-11,15-17H2,1H3/t23-,24-/m0/s1. The van der Waals surface area contributed by atoms with Crippen LogP contribution in [0.1, 0.15) is 56.1 Å². The molecule has 0 bridgehead atoms. The highest BCUT2D eigenvalue weighted by Gasteiger charge is 2.68. The maximum Gasteiger partial charge on any atom is 0.123 e. The molecule has 2 nitrogen and oxygen atoms in total. The van der Waals surface area contributed by atoms with E-state index in [0.29, 0.717) is 6.04 Å². The van der Waals surface area contributed by atoms with E-state index in [1.807, 2.05) is 0 Å². The van der Waals surface area contributed by atoms with Crippen molar-refractivity contribution >= 4 is 11.4 Å². The third kappa shape index (κ3) is 1.56. The van der Waals surface area contributed by atoms with Gasteiger partial charge in [0.2, 0.25) is 0 Å². The Morgan fingerprint density at radius 3 is 2.42 bits per heavy atom. The highest BCUT2D eigenvalue weighted by atomic mass is 15.5. The van der Waals surface area contributed by atoms with Crippen molar-refractivity contribution in [1.29, 1.82) is 0 Å². The zero-order valence-electron chi connectivity index (χ0n) is 15.7. The summed E-state index contributed by atoms with van der Waals surface area (Å²) in [6.45, 7) is 0. The summed E-state index contributed by atoms with van der Waals surface area (Å²) in [7, 11) is 2.38. The van der Waals surface area contributed by atoms with Crippen molar-refractivity contribution in [3.05, 3.63) is 59.7 Å². The molecule has 0 aromatic heterocycles. The molecule has 26 heavy (non-hydrogen) atoms. The maximum absolute atomic E-state index is 2.92. The number of nitrogens with zero attached hydrogens (tertiary/aromatic N) is 2. The third-order valence-electron chi connectivity index (χ3n) is 8.06. The van der Waals surface area contributed by atoms with Gasteiger partial charge in [-0.2, -0.15) is 0 Å². The predicted molar refractivity (Wildman–Crippen MR) is 108 cm³/mol. The van der Waals surface area contributed by atoms with Crippen LogP contribution in [0.4, 0.5) is 11.4 Å². The predicted octanol–water partition coefficient (Wildman–Crippen LogP) is 5.26. The van der Waals surface area contributed by atoms with Crippen molar-refractivity contribution in [2.75, 3.05) is 16.8 Å². The summed E-state index contributed by atoms with van der Waals surface area (Å²) in [5.74, 6) is 0. The third-order valence-corrected chi connectivity index (χ3v) is 8.06. The second-order valence-corrected chi connectivity index (χ2v) is 8.94. The highest BCUT2D eigenvalue weighted by molar-refractivity contribution is 5.76. The van der Waals surface area contributed by atoms with E-state index >= 15 is 0 Å². The second-order valence-electron chi connectivity index (χ2n) is 8.94. The van der Waals surface area contributed by atoms with Gasteiger partial charge in [-0.25, -0.2) is 0 Å². The average Bonchev–Trinajstić information content (AvgIpc) is 3.37. The van der Waals surface area contributed by atoms with E-state index in [1.165, 1.54) is 62.7 Å². The minimum absolute atomic E-state index is 0.139. The monoisotopic (exact) mass is 344 g/mol. The van der Waals surface area contributed by atoms with Crippen LogP contribution in [0.3, 0.4) is 0 Å². The number of rotatable bonds is 1. The van der Waals surface area contributed by atoms with Gasteiger partial charge in [0.25, 0.3) is 0 Å². The number of benzene rings is 2. The van der Waals surface area contributed by atoms with Crippen molar-refractivity contribution < 1.29 is 0 Å². The van der Waals surface area contributed by atoms with Gasteiger partial charge in [0.15, 0.2) is 0 Å². The zero-order chi connectivity index (χ0) is 17.4. The Kier molecular flexibility index (Phi) is 2.94. The molecule has 0 N–H and O–H groups in total. The summed E-state index contributed by atoms with van der Waals surface area (Å²) in [4.78, 5) is 5.61. The topological polar surface area (TPSA) is 6.48 Å². The minimum Gasteiger partial charge on any atom is -0.351 e. The lowest BCUT2D eigenvalue weighted by atomic mass is 9.66. The number of hydrogen-bond acceptors (Lipinski definition) is 2. The molecule has 6 rings (SSSR count). The zero-order valence-corrected chi connectivity index (χ0v) is 15.7. The molecule has 2 heterocycles. The van der Waals surface area contributed by atoms with Crippen LogP contribution >= 0.6 is 0 Å². The van der Waals surface area contributed by atoms with Gasteiger partial charge in [0, 0.05) is 29.9 Å². The second kappa shape index (κ2) is 5.06. The van der Waals surface area contributed by atoms with Gasteiger partial charge in [-0.05, 0) is 61.8 Å². The van der Waals surface area contributed by atoms with Gasteiger partial charge in [0.05, 0.1) is 0 Å². The van der Waals surface area contributed by atoms with E-state index in [-0.39, 0.29) is 11.1 Å². The number of fused-ring (bicyclic) bond motifs is 2. The van der Waals surface area contributed by atoms with Gasteiger partial charge < -0.3 is 9.80 Å². The van der Waals surface area contributed by atoms with Crippen LogP contribution in [-0.2, 0) is 11.8 Å². The molecule has 2 saturated carbocycles. The molecule has 2 aliphatic carbocycles. The molecule has 2 aromatic rings. The van der Waals surface area contributed by atoms with Crippen molar-refractivity contribution in [2.24, 2.45) is 0 Å². The Labute approximate surface area is 156 Å². The van der Waals surface area contributed by atoms with Crippen LogP contribution < -0.4 is 9.80 Å². The van der Waals surface area contributed by atoms with Gasteiger partial charge in [0.1, 0.15) is 5.66 Å². The first-order valence-corrected chi connectivity index (χ1v) is 10.5. The molecule has 2 fully saturated rings. The summed E-state index contributed by atoms with van der Waals surface area (Å²) in [5.41, 5.74) is 6.58. The van der Waals surface area contributed by atoms with E-state index in [9.17, 15) is 0 Å². The summed E-state index contributed by atoms with van der Waals surface area (Å²) >= 11 is 0. The molecule has 0 spiro atoms. The number of para-hydroxylation sites is 2. The van der Waals surface area contributed by atoms with Crippen molar-refractivity contribution in [3.8, 4) is 0 Å². The molecule has 0 unspecified atom stereocenters. The number of hydrogen-bond donors (Lipinski definition) is 0. The lowest BCUT2D eigenvalue weighted by Crippen LogP contribution is -2.70. The molecular weight excluding hydrogens is 316 g/mol. The molecular formula is C24H28N2. The Balaban J connectivity index is 1.66. The van der Waals surface area contributed by atoms with Gasteiger partial charge in [-0.3, -0.25) is 0 Å². The van der Waals surface area contributed by atoms with Crippen molar-refractivity contribution in [2.45, 2.75) is 68.5 Å². The van der Waals surface area contributed by atoms with Crippen LogP contribution in [0.5, 0.6) is 0 Å². The molecule has 2 aromatic carbocycles. The molecule has 2 heteroatoms. The Morgan fingerprint density at radius 1 is 0.846 bits per heavy atom. The Bertz CT molecular complexity index is 868. The van der Waals surface area contributed by atoms with E-state index in [4.69, 9.17) is 0 Å². The normalized spacial score (nSPS) is 32.3. The van der Waals surface area contributed by atoms with Crippen LogP contribution in [0.25, 0.3) is 0 Å². The molecule has 2 atom stereocenters. The van der Waals surface area contributed by atoms with Crippen molar-refractivity contribution in [1.82, 2.24) is 0 Å². The lowest BCUT2D eigenvalue weighted by molar-refractivity contribution is 0.224. The molecule has 2 aliphatic heterocycles. The minimum atomic E-state index is 0.139. The van der Waals surface area contributed by atoms with Gasteiger partial charge in [-0.15, -0.1) is 0 Å². The van der Waals surface area contributed by atoms with E-state index in [1.54, 1.807) is 11.1 Å². The molecule has 0 saturated heterocycles. The largest absolute Gasteiger partial charge is 0.351 e. The maximum atomic E-state index is 2.92. The summed E-state index contributed by atoms with van der Waals surface area (Å²) in [5, 5.41) is 0. The van der Waals surface area contributed by atoms with E-state index in [2.05, 4.69) is 65.4 Å². The molecule has 4 aliphatic rings. The number of likely N-dealkylation sites (N-methyl/N-ethyl adjacent to an activating group) is 1. The summed E-state index contributed by atoms with van der Waals surface area (Å²) in [6, 6.07) is 19.3. The SMILES string of the molecule is CN1c2ccccc2[C@@]23CCC[C@@]12N(C1CCCC1)c1ccccc1C3.